The standard InChI is InChI=1S/C25H27N5O4/c1-3-4-14-29-22(27)21(23(31)28-25(29)33)30(16-19-8-6-5-7-9-19)24(32)17(2)34-20-12-10-18(15-26)11-13-20/h5-13,17H,3-4,14,16,27H2,1-2H3,(H,28,31,33). The highest BCUT2D eigenvalue weighted by Gasteiger charge is 2.29. The van der Waals surface area contributed by atoms with Crippen molar-refractivity contribution in [2.75, 3.05) is 10.6 Å². The number of aromatic amines is 1. The van der Waals surface area contributed by atoms with Gasteiger partial charge in [-0.15, -0.1) is 0 Å². The second kappa shape index (κ2) is 11.0. The molecule has 0 aliphatic carbocycles. The number of hydrogen-bond donors (Lipinski definition) is 2. The van der Waals surface area contributed by atoms with E-state index in [1.165, 1.54) is 9.47 Å². The first-order valence-corrected chi connectivity index (χ1v) is 11.0. The lowest BCUT2D eigenvalue weighted by Crippen LogP contribution is -2.45. The molecule has 2 aromatic carbocycles. The van der Waals surface area contributed by atoms with E-state index in [1.54, 1.807) is 31.2 Å². The maximum atomic E-state index is 13.5. The summed E-state index contributed by atoms with van der Waals surface area (Å²) in [4.78, 5) is 42.3. The molecule has 0 fully saturated rings. The molecule has 9 heteroatoms. The highest BCUT2D eigenvalue weighted by Crippen LogP contribution is 2.22. The zero-order valence-electron chi connectivity index (χ0n) is 19.2. The fraction of sp³-hybridized carbons (Fsp3) is 0.280. The van der Waals surface area contributed by atoms with Gasteiger partial charge in [0.15, 0.2) is 11.8 Å². The van der Waals surface area contributed by atoms with Crippen molar-refractivity contribution in [1.82, 2.24) is 9.55 Å². The third-order valence-electron chi connectivity index (χ3n) is 5.31. The second-order valence-electron chi connectivity index (χ2n) is 7.80. The average molecular weight is 462 g/mol. The molecule has 3 aromatic rings. The second-order valence-corrected chi connectivity index (χ2v) is 7.80. The van der Waals surface area contributed by atoms with E-state index < -0.39 is 23.3 Å². The summed E-state index contributed by atoms with van der Waals surface area (Å²) in [7, 11) is 0. The third-order valence-corrected chi connectivity index (χ3v) is 5.31. The van der Waals surface area contributed by atoms with Crippen molar-refractivity contribution in [1.29, 1.82) is 5.26 Å². The molecule has 3 rings (SSSR count). The SMILES string of the molecule is CCCCn1c(N)c(N(Cc2ccccc2)C(=O)C(C)Oc2ccc(C#N)cc2)c(=O)[nH]c1=O. The molecule has 0 spiro atoms. The van der Waals surface area contributed by atoms with Gasteiger partial charge in [-0.2, -0.15) is 5.26 Å². The first-order valence-electron chi connectivity index (χ1n) is 11.0. The fourth-order valence-electron chi connectivity index (χ4n) is 3.49. The summed E-state index contributed by atoms with van der Waals surface area (Å²) in [6, 6.07) is 17.5. The lowest BCUT2D eigenvalue weighted by atomic mass is 10.2. The number of hydrogen-bond acceptors (Lipinski definition) is 6. The molecule has 0 saturated heterocycles. The highest BCUT2D eigenvalue weighted by atomic mass is 16.5. The monoisotopic (exact) mass is 461 g/mol. The lowest BCUT2D eigenvalue weighted by Gasteiger charge is -2.27. The maximum Gasteiger partial charge on any atom is 0.330 e. The molecule has 0 bridgehead atoms. The van der Waals surface area contributed by atoms with E-state index in [4.69, 9.17) is 15.7 Å². The Morgan fingerprint density at radius 1 is 1.18 bits per heavy atom. The Balaban J connectivity index is 2.01. The van der Waals surface area contributed by atoms with Gasteiger partial charge in [-0.3, -0.25) is 24.0 Å². The normalized spacial score (nSPS) is 11.4. The van der Waals surface area contributed by atoms with Crippen molar-refractivity contribution in [3.63, 3.8) is 0 Å². The van der Waals surface area contributed by atoms with Crippen LogP contribution in [0.15, 0.2) is 64.2 Å². The molecule has 1 atom stereocenters. The number of nitrogens with zero attached hydrogens (tertiary/aromatic N) is 3. The molecule has 1 amide bonds. The van der Waals surface area contributed by atoms with Crippen LogP contribution in [0.5, 0.6) is 5.75 Å². The number of ether oxygens (including phenoxy) is 1. The summed E-state index contributed by atoms with van der Waals surface area (Å²) >= 11 is 0. The van der Waals surface area contributed by atoms with E-state index in [0.29, 0.717) is 24.3 Å². The van der Waals surface area contributed by atoms with Gasteiger partial charge in [0.2, 0.25) is 0 Å². The zero-order valence-corrected chi connectivity index (χ0v) is 19.2. The van der Waals surface area contributed by atoms with E-state index in [0.717, 1.165) is 12.0 Å². The van der Waals surface area contributed by atoms with Crippen molar-refractivity contribution in [3.8, 4) is 11.8 Å². The summed E-state index contributed by atoms with van der Waals surface area (Å²) in [6.07, 6.45) is 0.523. The number of carbonyl (C=O) groups excluding carboxylic acids is 1. The molecule has 0 saturated carbocycles. The van der Waals surface area contributed by atoms with Gasteiger partial charge in [0.05, 0.1) is 18.2 Å². The minimum atomic E-state index is -0.980. The lowest BCUT2D eigenvalue weighted by molar-refractivity contribution is -0.124. The van der Waals surface area contributed by atoms with Gasteiger partial charge in [-0.25, -0.2) is 4.79 Å². The maximum absolute atomic E-state index is 13.5. The van der Waals surface area contributed by atoms with Crippen LogP contribution < -0.4 is 26.6 Å². The number of unbranched alkanes of at least 4 members (excludes halogenated alkanes) is 1. The molecule has 1 heterocycles. The number of benzene rings is 2. The Kier molecular flexibility index (Phi) is 7.88. The van der Waals surface area contributed by atoms with Crippen LogP contribution in [0.4, 0.5) is 11.5 Å². The van der Waals surface area contributed by atoms with Gasteiger partial charge in [0, 0.05) is 6.54 Å². The number of anilines is 2. The summed E-state index contributed by atoms with van der Waals surface area (Å²) in [6.45, 7) is 3.91. The topological polar surface area (TPSA) is 134 Å². The van der Waals surface area contributed by atoms with Crippen LogP contribution in [-0.4, -0.2) is 21.6 Å². The Labute approximate surface area is 197 Å². The van der Waals surface area contributed by atoms with E-state index in [2.05, 4.69) is 4.98 Å². The molecule has 0 aliphatic heterocycles. The van der Waals surface area contributed by atoms with Gasteiger partial charge >= 0.3 is 5.69 Å². The van der Waals surface area contributed by atoms with Gasteiger partial charge in [0.25, 0.3) is 11.5 Å². The van der Waals surface area contributed by atoms with Gasteiger partial charge in [0.1, 0.15) is 11.6 Å². The van der Waals surface area contributed by atoms with Crippen molar-refractivity contribution in [2.24, 2.45) is 0 Å². The van der Waals surface area contributed by atoms with Crippen molar-refractivity contribution in [3.05, 3.63) is 86.6 Å². The zero-order chi connectivity index (χ0) is 24.7. The number of amides is 1. The number of nitrogens with two attached hydrogens (primary N) is 1. The number of rotatable bonds is 9. The first-order chi connectivity index (χ1) is 16.3. The smallest absolute Gasteiger partial charge is 0.330 e. The average Bonchev–Trinajstić information content (AvgIpc) is 2.83. The summed E-state index contributed by atoms with van der Waals surface area (Å²) in [5.74, 6) is -0.183. The van der Waals surface area contributed by atoms with Gasteiger partial charge in [-0.05, 0) is 43.2 Å². The number of nitrogen functional groups attached to an aromatic ring is 1. The Hall–Kier alpha value is -4.32. The van der Waals surface area contributed by atoms with Crippen molar-refractivity contribution in [2.45, 2.75) is 45.9 Å². The molecular formula is C25H27N5O4. The fourth-order valence-corrected chi connectivity index (χ4v) is 3.49. The van der Waals surface area contributed by atoms with E-state index in [-0.39, 0.29) is 18.1 Å². The highest BCUT2D eigenvalue weighted by molar-refractivity contribution is 5.98. The molecule has 0 radical (unpaired) electrons. The molecule has 34 heavy (non-hydrogen) atoms. The van der Waals surface area contributed by atoms with E-state index >= 15 is 0 Å². The predicted molar refractivity (Wildman–Crippen MR) is 130 cm³/mol. The van der Waals surface area contributed by atoms with Crippen LogP contribution in [0.3, 0.4) is 0 Å². The van der Waals surface area contributed by atoms with Crippen LogP contribution in [0.25, 0.3) is 0 Å². The third kappa shape index (κ3) is 5.53. The van der Waals surface area contributed by atoms with Crippen LogP contribution in [0.1, 0.15) is 37.8 Å². The van der Waals surface area contributed by atoms with Crippen molar-refractivity contribution < 1.29 is 9.53 Å². The van der Waals surface area contributed by atoms with Crippen LogP contribution in [0, 0.1) is 11.3 Å². The number of H-pyrrole nitrogens is 1. The number of nitriles is 1. The molecule has 9 nitrogen and oxygen atoms in total. The number of nitrogens with one attached hydrogen (secondary N) is 1. The summed E-state index contributed by atoms with van der Waals surface area (Å²) in [5, 5.41) is 8.97. The molecule has 176 valence electrons. The molecule has 0 aliphatic rings. The molecule has 1 unspecified atom stereocenters. The van der Waals surface area contributed by atoms with Crippen LogP contribution >= 0.6 is 0 Å². The van der Waals surface area contributed by atoms with E-state index in [9.17, 15) is 14.4 Å². The van der Waals surface area contributed by atoms with Crippen LogP contribution in [0.2, 0.25) is 0 Å². The first kappa shape index (κ1) is 24.3. The van der Waals surface area contributed by atoms with E-state index in [1.807, 2.05) is 43.3 Å². The predicted octanol–water partition coefficient (Wildman–Crippen LogP) is 2.79. The molecule has 1 aromatic heterocycles. The Morgan fingerprint density at radius 2 is 1.85 bits per heavy atom. The molecule has 3 N–H and O–H groups in total. The minimum absolute atomic E-state index is 0.0556. The number of aromatic nitrogens is 2. The van der Waals surface area contributed by atoms with Crippen LogP contribution in [-0.2, 0) is 17.9 Å². The molecular weight excluding hydrogens is 434 g/mol. The number of carbonyl (C=O) groups is 1. The Bertz CT molecular complexity index is 1290. The van der Waals surface area contributed by atoms with Gasteiger partial charge in [-0.1, -0.05) is 43.7 Å². The quantitative estimate of drug-likeness (QED) is 0.503. The minimum Gasteiger partial charge on any atom is -0.481 e. The summed E-state index contributed by atoms with van der Waals surface area (Å²) < 4.78 is 7.07. The van der Waals surface area contributed by atoms with Gasteiger partial charge < -0.3 is 10.5 Å². The van der Waals surface area contributed by atoms with Crippen molar-refractivity contribution >= 4 is 17.4 Å². The summed E-state index contributed by atoms with van der Waals surface area (Å²) in [5.41, 5.74) is 6.05. The Morgan fingerprint density at radius 3 is 2.47 bits per heavy atom. The largest absolute Gasteiger partial charge is 0.481 e.